The average molecular weight is 431 g/mol. The average Bonchev–Trinajstić information content (AvgIpc) is 3.24. The number of halogens is 1. The number of carbonyl (C=O) groups excluding carboxylic acids is 2. The number of hydrogen-bond donors (Lipinski definition) is 1. The van der Waals surface area contributed by atoms with Crippen LogP contribution in [0, 0.1) is 0 Å². The molecule has 2 aromatic rings. The van der Waals surface area contributed by atoms with Gasteiger partial charge in [0, 0.05) is 55.9 Å². The van der Waals surface area contributed by atoms with E-state index in [-0.39, 0.29) is 30.7 Å². The van der Waals surface area contributed by atoms with Crippen LogP contribution >= 0.6 is 11.6 Å². The maximum Gasteiger partial charge on any atom is 0.223 e. The third-order valence-electron chi connectivity index (χ3n) is 5.77. The normalized spacial score (nSPS) is 15.9. The highest BCUT2D eigenvalue weighted by Gasteiger charge is 2.33. The van der Waals surface area contributed by atoms with E-state index in [4.69, 9.17) is 11.6 Å². The minimum absolute atomic E-state index is 0.0220. The van der Waals surface area contributed by atoms with Crippen LogP contribution in [-0.4, -0.2) is 58.9 Å². The number of fused-ring (bicyclic) bond motifs is 1. The lowest BCUT2D eigenvalue weighted by Gasteiger charge is -2.37. The van der Waals surface area contributed by atoms with Crippen LogP contribution in [0.25, 0.3) is 0 Å². The molecule has 1 aromatic heterocycles. The summed E-state index contributed by atoms with van der Waals surface area (Å²) < 4.78 is 2.16. The Morgan fingerprint density at radius 3 is 2.60 bits per heavy atom. The smallest absolute Gasteiger partial charge is 0.223 e. The molecule has 1 aliphatic rings. The minimum atomic E-state index is -0.235. The molecule has 6 nitrogen and oxygen atoms in total. The number of carbonyl (C=O) groups is 2. The molecule has 3 rings (SSSR count). The summed E-state index contributed by atoms with van der Waals surface area (Å²) in [6.45, 7) is 8.91. The van der Waals surface area contributed by atoms with Crippen LogP contribution in [0.1, 0.15) is 44.0 Å². The predicted octanol–water partition coefficient (Wildman–Crippen LogP) is 3.31. The van der Waals surface area contributed by atoms with Gasteiger partial charge in [0.25, 0.3) is 0 Å². The van der Waals surface area contributed by atoms with Crippen molar-refractivity contribution in [1.29, 1.82) is 0 Å². The first kappa shape index (κ1) is 22.4. The lowest BCUT2D eigenvalue weighted by atomic mass is 9.99. The first-order valence-corrected chi connectivity index (χ1v) is 11.1. The van der Waals surface area contributed by atoms with Gasteiger partial charge in [-0.15, -0.1) is 0 Å². The van der Waals surface area contributed by atoms with Crippen LogP contribution in [0.15, 0.2) is 42.6 Å². The third kappa shape index (κ3) is 5.24. The maximum absolute atomic E-state index is 13.1. The van der Waals surface area contributed by atoms with E-state index in [0.29, 0.717) is 18.1 Å². The molecular weight excluding hydrogens is 400 g/mol. The Labute approximate surface area is 183 Å². The molecular formula is C23H31ClN4O2. The monoisotopic (exact) mass is 430 g/mol. The molecule has 0 bridgehead atoms. The fraction of sp³-hybridized carbons (Fsp3) is 0.478. The van der Waals surface area contributed by atoms with Gasteiger partial charge >= 0.3 is 0 Å². The number of hydrogen-bond acceptors (Lipinski definition) is 3. The maximum atomic E-state index is 13.1. The van der Waals surface area contributed by atoms with E-state index in [1.807, 2.05) is 47.5 Å². The molecule has 0 radical (unpaired) electrons. The first-order chi connectivity index (χ1) is 14.5. The van der Waals surface area contributed by atoms with Gasteiger partial charge in [0.1, 0.15) is 0 Å². The number of aromatic nitrogens is 1. The molecule has 0 fully saturated rings. The summed E-state index contributed by atoms with van der Waals surface area (Å²) in [5.74, 6) is -0.101. The van der Waals surface area contributed by atoms with Gasteiger partial charge in [-0.1, -0.05) is 43.6 Å². The molecule has 162 valence electrons. The molecule has 0 aliphatic carbocycles. The summed E-state index contributed by atoms with van der Waals surface area (Å²) in [5.41, 5.74) is 1.96. The highest BCUT2D eigenvalue weighted by atomic mass is 35.5. The van der Waals surface area contributed by atoms with Gasteiger partial charge in [-0.25, -0.2) is 0 Å². The summed E-state index contributed by atoms with van der Waals surface area (Å²) in [5, 5.41) is 3.57. The van der Waals surface area contributed by atoms with Gasteiger partial charge in [-0.3, -0.25) is 9.59 Å². The van der Waals surface area contributed by atoms with Crippen molar-refractivity contribution in [3.8, 4) is 0 Å². The second kappa shape index (κ2) is 10.6. The van der Waals surface area contributed by atoms with Gasteiger partial charge in [-0.2, -0.15) is 0 Å². The SMILES string of the molecule is CCN(CC)CCNC(=O)CCC(=O)N1CCn2cccc2[C@@H]1c1ccccc1Cl. The predicted molar refractivity (Wildman–Crippen MR) is 119 cm³/mol. The molecule has 1 aromatic carbocycles. The van der Waals surface area contributed by atoms with E-state index < -0.39 is 0 Å². The van der Waals surface area contributed by atoms with Crippen LogP contribution < -0.4 is 5.32 Å². The van der Waals surface area contributed by atoms with E-state index in [9.17, 15) is 9.59 Å². The number of nitrogens with one attached hydrogen (secondary N) is 1. The molecule has 7 heteroatoms. The van der Waals surface area contributed by atoms with E-state index in [0.717, 1.165) is 37.4 Å². The van der Waals surface area contributed by atoms with Crippen molar-refractivity contribution in [1.82, 2.24) is 19.7 Å². The Kier molecular flexibility index (Phi) is 7.94. The van der Waals surface area contributed by atoms with Gasteiger partial charge in [0.05, 0.1) is 6.04 Å². The molecule has 30 heavy (non-hydrogen) atoms. The number of nitrogens with zero attached hydrogens (tertiary/aromatic N) is 3. The van der Waals surface area contributed by atoms with E-state index >= 15 is 0 Å². The van der Waals surface area contributed by atoms with Crippen molar-refractivity contribution in [3.63, 3.8) is 0 Å². The highest BCUT2D eigenvalue weighted by Crippen LogP contribution is 2.36. The summed E-state index contributed by atoms with van der Waals surface area (Å²) in [4.78, 5) is 29.4. The van der Waals surface area contributed by atoms with Crippen molar-refractivity contribution < 1.29 is 9.59 Å². The van der Waals surface area contributed by atoms with E-state index in [1.165, 1.54) is 0 Å². The van der Waals surface area contributed by atoms with Crippen LogP contribution in [0.2, 0.25) is 5.02 Å². The van der Waals surface area contributed by atoms with E-state index in [1.54, 1.807) is 0 Å². The van der Waals surface area contributed by atoms with Crippen molar-refractivity contribution in [2.24, 2.45) is 0 Å². The summed E-state index contributed by atoms with van der Waals surface area (Å²) >= 11 is 6.48. The quantitative estimate of drug-likeness (QED) is 0.664. The minimum Gasteiger partial charge on any atom is -0.355 e. The number of amides is 2. The highest BCUT2D eigenvalue weighted by molar-refractivity contribution is 6.31. The van der Waals surface area contributed by atoms with Gasteiger partial charge < -0.3 is 19.7 Å². The van der Waals surface area contributed by atoms with Crippen molar-refractivity contribution in [2.45, 2.75) is 39.3 Å². The summed E-state index contributed by atoms with van der Waals surface area (Å²) in [6, 6.07) is 11.4. The zero-order valence-corrected chi connectivity index (χ0v) is 18.6. The summed E-state index contributed by atoms with van der Waals surface area (Å²) in [6.07, 6.45) is 2.42. The lowest BCUT2D eigenvalue weighted by molar-refractivity contribution is -0.136. The number of likely N-dealkylation sites (N-methyl/N-ethyl adjacent to an activating group) is 1. The molecule has 2 amide bonds. The van der Waals surface area contributed by atoms with Crippen molar-refractivity contribution in [3.05, 3.63) is 58.9 Å². The second-order valence-electron chi connectivity index (χ2n) is 7.51. The Hall–Kier alpha value is -2.31. The molecule has 0 saturated carbocycles. The largest absolute Gasteiger partial charge is 0.355 e. The number of benzene rings is 1. The molecule has 2 heterocycles. The van der Waals surface area contributed by atoms with Gasteiger partial charge in [0.15, 0.2) is 0 Å². The summed E-state index contributed by atoms with van der Waals surface area (Å²) in [7, 11) is 0. The standard InChI is InChI=1S/C23H31ClN4O2/c1-3-26(4-2)15-13-25-21(29)11-12-22(30)28-17-16-27-14-7-10-20(27)23(28)18-8-5-6-9-19(18)24/h5-10,14,23H,3-4,11-13,15-17H2,1-2H3,(H,25,29)/t23-/m0/s1. The fourth-order valence-corrected chi connectivity index (χ4v) is 4.26. The molecule has 1 atom stereocenters. The van der Waals surface area contributed by atoms with Crippen LogP contribution in [0.4, 0.5) is 0 Å². The Morgan fingerprint density at radius 2 is 1.87 bits per heavy atom. The molecule has 0 unspecified atom stereocenters. The van der Waals surface area contributed by atoms with Crippen LogP contribution in [-0.2, 0) is 16.1 Å². The molecule has 0 saturated heterocycles. The topological polar surface area (TPSA) is 57.6 Å². The Bertz CT molecular complexity index is 862. The first-order valence-electron chi connectivity index (χ1n) is 10.7. The zero-order valence-electron chi connectivity index (χ0n) is 17.8. The van der Waals surface area contributed by atoms with Gasteiger partial charge in [0.2, 0.25) is 11.8 Å². The van der Waals surface area contributed by atoms with E-state index in [2.05, 4.69) is 28.6 Å². The lowest BCUT2D eigenvalue weighted by Crippen LogP contribution is -2.43. The van der Waals surface area contributed by atoms with Crippen LogP contribution in [0.3, 0.4) is 0 Å². The third-order valence-corrected chi connectivity index (χ3v) is 6.11. The molecule has 1 aliphatic heterocycles. The van der Waals surface area contributed by atoms with Crippen LogP contribution in [0.5, 0.6) is 0 Å². The van der Waals surface area contributed by atoms with Crippen molar-refractivity contribution in [2.75, 3.05) is 32.7 Å². The second-order valence-corrected chi connectivity index (χ2v) is 7.92. The number of rotatable bonds is 9. The molecule has 0 spiro atoms. The fourth-order valence-electron chi connectivity index (χ4n) is 4.02. The van der Waals surface area contributed by atoms with Crippen molar-refractivity contribution >= 4 is 23.4 Å². The zero-order chi connectivity index (χ0) is 21.5. The van der Waals surface area contributed by atoms with Gasteiger partial charge in [-0.05, 0) is 36.9 Å². The Balaban J connectivity index is 1.63. The molecule has 1 N–H and O–H groups in total. The Morgan fingerprint density at radius 1 is 1.10 bits per heavy atom.